The number of thiol groups is 2. The summed E-state index contributed by atoms with van der Waals surface area (Å²) in [7, 11) is 0. The van der Waals surface area contributed by atoms with Crippen LogP contribution in [0.3, 0.4) is 0 Å². The molecule has 0 aliphatic heterocycles. The zero-order valence-corrected chi connectivity index (χ0v) is 24.8. The molecule has 0 heterocycles. The van der Waals surface area contributed by atoms with Crippen molar-refractivity contribution >= 4 is 25.3 Å². The topological polar surface area (TPSA) is 0 Å². The van der Waals surface area contributed by atoms with Crippen LogP contribution in [-0.4, -0.2) is 0 Å². The maximum atomic E-state index is 4.87. The molecule has 5 aromatic rings. The third-order valence-corrected chi connectivity index (χ3v) is 9.66. The summed E-state index contributed by atoms with van der Waals surface area (Å²) < 4.78 is 0. The molecule has 1 saturated carbocycles. The van der Waals surface area contributed by atoms with E-state index in [0.29, 0.717) is 5.92 Å². The van der Waals surface area contributed by atoms with Crippen LogP contribution in [0.25, 0.3) is 22.3 Å². The summed E-state index contributed by atoms with van der Waals surface area (Å²) in [6.07, 6.45) is 6.69. The molecule has 0 amide bonds. The fraction of sp³-hybridized carbons (Fsp3) is 0.211. The molecule has 0 spiro atoms. The third-order valence-electron chi connectivity index (χ3n) is 8.88. The molecular formula is C38H36S2. The minimum Gasteiger partial charge on any atom is -0.143 e. The second-order valence-electron chi connectivity index (χ2n) is 11.3. The summed E-state index contributed by atoms with van der Waals surface area (Å²) in [5, 5.41) is 0. The molecule has 0 nitrogen and oxygen atoms in total. The van der Waals surface area contributed by atoms with Crippen LogP contribution in [0.1, 0.15) is 67.2 Å². The van der Waals surface area contributed by atoms with Gasteiger partial charge in [-0.2, -0.15) is 0 Å². The lowest BCUT2D eigenvalue weighted by Crippen LogP contribution is -2.25. The minimum atomic E-state index is -0.374. The summed E-state index contributed by atoms with van der Waals surface area (Å²) >= 11 is 9.73. The van der Waals surface area contributed by atoms with Gasteiger partial charge in [-0.1, -0.05) is 116 Å². The first-order valence-electron chi connectivity index (χ1n) is 14.4. The van der Waals surface area contributed by atoms with Gasteiger partial charge < -0.3 is 0 Å². The zero-order valence-electron chi connectivity index (χ0n) is 23.1. The highest BCUT2D eigenvalue weighted by molar-refractivity contribution is 7.80. The summed E-state index contributed by atoms with van der Waals surface area (Å²) in [6, 6.07) is 44.2. The Morgan fingerprint density at radius 3 is 1.45 bits per heavy atom. The predicted octanol–water partition coefficient (Wildman–Crippen LogP) is 11.0. The number of hydrogen-bond acceptors (Lipinski definition) is 2. The Morgan fingerprint density at radius 1 is 0.525 bits per heavy atom. The van der Waals surface area contributed by atoms with E-state index in [1.807, 2.05) is 0 Å². The molecule has 40 heavy (non-hydrogen) atoms. The maximum absolute atomic E-state index is 4.87. The molecule has 0 radical (unpaired) electrons. The minimum absolute atomic E-state index is 0.374. The van der Waals surface area contributed by atoms with E-state index < -0.39 is 0 Å². The van der Waals surface area contributed by atoms with Gasteiger partial charge in [0.15, 0.2) is 0 Å². The molecule has 1 aliphatic rings. The standard InChI is InChI=1S/C38H36S2/c1-38(31-19-17-28(18-20-31)27-11-5-2-6-12-27,32-21-23-36(39)34(25-32)29-13-7-3-8-14-29)33-22-24-37(40)35(26-33)30-15-9-4-10-16-30/h3-4,7-10,13-27,39-40H,2,5-6,11-12H2,1H3. The molecular weight excluding hydrogens is 521 g/mol. The van der Waals surface area contributed by atoms with Crippen LogP contribution >= 0.6 is 25.3 Å². The van der Waals surface area contributed by atoms with Crippen molar-refractivity contribution in [2.24, 2.45) is 0 Å². The van der Waals surface area contributed by atoms with E-state index in [1.165, 1.54) is 65.5 Å². The van der Waals surface area contributed by atoms with E-state index >= 15 is 0 Å². The van der Waals surface area contributed by atoms with Crippen molar-refractivity contribution < 1.29 is 0 Å². The van der Waals surface area contributed by atoms with Crippen LogP contribution in [0, 0.1) is 0 Å². The van der Waals surface area contributed by atoms with Gasteiger partial charge >= 0.3 is 0 Å². The SMILES string of the molecule is CC(c1ccc(C2CCCCC2)cc1)(c1ccc(S)c(-c2ccccc2)c1)c1ccc(S)c(-c2ccccc2)c1. The monoisotopic (exact) mass is 556 g/mol. The fourth-order valence-electron chi connectivity index (χ4n) is 6.42. The quantitative estimate of drug-likeness (QED) is 0.151. The molecule has 0 saturated heterocycles. The van der Waals surface area contributed by atoms with Gasteiger partial charge in [0.2, 0.25) is 0 Å². The van der Waals surface area contributed by atoms with Gasteiger partial charge in [0.25, 0.3) is 0 Å². The van der Waals surface area contributed by atoms with E-state index in [0.717, 1.165) is 20.9 Å². The summed E-state index contributed by atoms with van der Waals surface area (Å²) in [4.78, 5) is 1.97. The highest BCUT2D eigenvalue weighted by atomic mass is 32.1. The van der Waals surface area contributed by atoms with E-state index in [1.54, 1.807) is 0 Å². The number of rotatable bonds is 6. The van der Waals surface area contributed by atoms with E-state index in [9.17, 15) is 0 Å². The van der Waals surface area contributed by atoms with Crippen LogP contribution in [0.5, 0.6) is 0 Å². The molecule has 200 valence electrons. The Balaban J connectivity index is 1.52. The van der Waals surface area contributed by atoms with Gasteiger partial charge in [0.1, 0.15) is 0 Å². The smallest absolute Gasteiger partial charge is 0.0423 e. The summed E-state index contributed by atoms with van der Waals surface area (Å²) in [5.74, 6) is 0.690. The van der Waals surface area contributed by atoms with Gasteiger partial charge in [0, 0.05) is 15.2 Å². The van der Waals surface area contributed by atoms with Crippen molar-refractivity contribution in [3.63, 3.8) is 0 Å². The summed E-state index contributed by atoms with van der Waals surface area (Å²) in [6.45, 7) is 2.37. The molecule has 5 aromatic carbocycles. The lowest BCUT2D eigenvalue weighted by Gasteiger charge is -2.34. The number of benzene rings is 5. The van der Waals surface area contributed by atoms with E-state index in [-0.39, 0.29) is 5.41 Å². The fourth-order valence-corrected chi connectivity index (χ4v) is 6.95. The van der Waals surface area contributed by atoms with Gasteiger partial charge in [-0.15, -0.1) is 25.3 Å². The molecule has 0 atom stereocenters. The van der Waals surface area contributed by atoms with E-state index in [4.69, 9.17) is 25.3 Å². The van der Waals surface area contributed by atoms with Gasteiger partial charge in [-0.3, -0.25) is 0 Å². The van der Waals surface area contributed by atoms with Crippen LogP contribution < -0.4 is 0 Å². The van der Waals surface area contributed by atoms with Crippen molar-refractivity contribution in [3.05, 3.63) is 144 Å². The first-order valence-corrected chi connectivity index (χ1v) is 15.3. The largest absolute Gasteiger partial charge is 0.143 e. The molecule has 1 aliphatic carbocycles. The van der Waals surface area contributed by atoms with E-state index in [2.05, 4.69) is 128 Å². The van der Waals surface area contributed by atoms with Crippen molar-refractivity contribution in [2.75, 3.05) is 0 Å². The van der Waals surface area contributed by atoms with Crippen molar-refractivity contribution in [1.82, 2.24) is 0 Å². The van der Waals surface area contributed by atoms with Crippen LogP contribution in [-0.2, 0) is 5.41 Å². The van der Waals surface area contributed by atoms with Crippen LogP contribution in [0.15, 0.2) is 131 Å². The molecule has 2 heteroatoms. The molecule has 0 N–H and O–H groups in total. The molecule has 0 bridgehead atoms. The van der Waals surface area contributed by atoms with Crippen LogP contribution in [0.4, 0.5) is 0 Å². The maximum Gasteiger partial charge on any atom is 0.0423 e. The van der Waals surface area contributed by atoms with Crippen molar-refractivity contribution in [3.8, 4) is 22.3 Å². The second kappa shape index (κ2) is 11.7. The Labute approximate surface area is 250 Å². The summed E-state index contributed by atoms with van der Waals surface area (Å²) in [5.41, 5.74) is 9.57. The van der Waals surface area contributed by atoms with Crippen molar-refractivity contribution in [1.29, 1.82) is 0 Å². The normalized spacial score (nSPS) is 14.3. The predicted molar refractivity (Wildman–Crippen MR) is 176 cm³/mol. The molecule has 1 fully saturated rings. The molecule has 0 unspecified atom stereocenters. The highest BCUT2D eigenvalue weighted by Crippen LogP contribution is 2.44. The average molecular weight is 557 g/mol. The second-order valence-corrected chi connectivity index (χ2v) is 12.2. The average Bonchev–Trinajstić information content (AvgIpc) is 3.02. The lowest BCUT2D eigenvalue weighted by molar-refractivity contribution is 0.443. The first kappa shape index (κ1) is 27.0. The highest BCUT2D eigenvalue weighted by Gasteiger charge is 2.33. The van der Waals surface area contributed by atoms with Gasteiger partial charge in [-0.05, 0) is 94.5 Å². The number of hydrogen-bond donors (Lipinski definition) is 2. The third kappa shape index (κ3) is 5.28. The zero-order chi connectivity index (χ0) is 27.5. The Kier molecular flexibility index (Phi) is 7.91. The molecule has 0 aromatic heterocycles. The van der Waals surface area contributed by atoms with Crippen molar-refractivity contribution in [2.45, 2.75) is 60.2 Å². The first-order chi connectivity index (χ1) is 19.5. The Hall–Kier alpha value is -3.20. The van der Waals surface area contributed by atoms with Crippen LogP contribution in [0.2, 0.25) is 0 Å². The van der Waals surface area contributed by atoms with Gasteiger partial charge in [0.05, 0.1) is 0 Å². The molecule has 6 rings (SSSR count). The Bertz CT molecular complexity index is 1490. The van der Waals surface area contributed by atoms with Gasteiger partial charge in [-0.25, -0.2) is 0 Å². The lowest BCUT2D eigenvalue weighted by atomic mass is 9.69. The Morgan fingerprint density at radius 2 is 0.975 bits per heavy atom.